The number of alkyl halides is 3. The molecule has 1 rings (SSSR count). The Labute approximate surface area is 112 Å². The van der Waals surface area contributed by atoms with E-state index in [1.165, 1.54) is 12.1 Å². The Morgan fingerprint density at radius 3 is 2.47 bits per heavy atom. The Balaban J connectivity index is 3.17. The molecule has 0 aliphatic rings. The first-order valence-corrected chi connectivity index (χ1v) is 5.73. The largest absolute Gasteiger partial charge is 0.476 e. The second kappa shape index (κ2) is 5.64. The summed E-state index contributed by atoms with van der Waals surface area (Å²) in [5.74, 6) is -1.46. The topological polar surface area (TPSA) is 53.4 Å². The lowest BCUT2D eigenvalue weighted by atomic mass is 10.2. The van der Waals surface area contributed by atoms with Gasteiger partial charge < -0.3 is 10.0 Å². The van der Waals surface area contributed by atoms with Gasteiger partial charge in [-0.3, -0.25) is 0 Å². The number of aromatic carboxylic acids is 1. The number of halogens is 4. The summed E-state index contributed by atoms with van der Waals surface area (Å²) >= 11 is 5.62. The van der Waals surface area contributed by atoms with Crippen LogP contribution in [0.15, 0.2) is 12.1 Å². The zero-order valence-corrected chi connectivity index (χ0v) is 11.0. The highest BCUT2D eigenvalue weighted by Gasteiger charge is 2.32. The number of hydrogen-bond donors (Lipinski definition) is 1. The summed E-state index contributed by atoms with van der Waals surface area (Å²) in [6.45, 7) is 1.91. The van der Waals surface area contributed by atoms with Crippen molar-refractivity contribution in [2.45, 2.75) is 26.1 Å². The van der Waals surface area contributed by atoms with Gasteiger partial charge in [0.25, 0.3) is 0 Å². The highest BCUT2D eigenvalue weighted by Crippen LogP contribution is 2.25. The van der Waals surface area contributed by atoms with Gasteiger partial charge in [0.1, 0.15) is 12.4 Å². The molecule has 0 bridgehead atoms. The van der Waals surface area contributed by atoms with Crippen molar-refractivity contribution in [1.29, 1.82) is 0 Å². The monoisotopic (exact) mass is 296 g/mol. The Kier molecular flexibility index (Phi) is 4.62. The van der Waals surface area contributed by atoms with Crippen molar-refractivity contribution in [2.75, 3.05) is 11.4 Å². The van der Waals surface area contributed by atoms with E-state index in [-0.39, 0.29) is 10.8 Å². The number of carboxylic acid groups (broad SMARTS) is 1. The molecule has 4 nitrogen and oxygen atoms in total. The van der Waals surface area contributed by atoms with E-state index >= 15 is 0 Å². The van der Waals surface area contributed by atoms with Gasteiger partial charge in [0, 0.05) is 6.04 Å². The molecular weight excluding hydrogens is 285 g/mol. The summed E-state index contributed by atoms with van der Waals surface area (Å²) in [5, 5.41) is 8.74. The fourth-order valence-corrected chi connectivity index (χ4v) is 1.65. The molecule has 1 heterocycles. The fourth-order valence-electron chi connectivity index (χ4n) is 1.46. The van der Waals surface area contributed by atoms with Gasteiger partial charge in [0.15, 0.2) is 5.69 Å². The first-order valence-electron chi connectivity index (χ1n) is 5.35. The van der Waals surface area contributed by atoms with E-state index in [4.69, 9.17) is 16.7 Å². The molecule has 1 N–H and O–H groups in total. The maximum atomic E-state index is 12.5. The Morgan fingerprint density at radius 2 is 2.05 bits per heavy atom. The summed E-state index contributed by atoms with van der Waals surface area (Å²) in [4.78, 5) is 15.5. The van der Waals surface area contributed by atoms with Gasteiger partial charge >= 0.3 is 12.1 Å². The molecule has 1 aromatic heterocycles. The van der Waals surface area contributed by atoms with Crippen molar-refractivity contribution in [1.82, 2.24) is 4.98 Å². The van der Waals surface area contributed by atoms with Crippen molar-refractivity contribution in [2.24, 2.45) is 0 Å². The van der Waals surface area contributed by atoms with Gasteiger partial charge in [0.2, 0.25) is 0 Å². The van der Waals surface area contributed by atoms with Crippen LogP contribution < -0.4 is 4.90 Å². The number of rotatable bonds is 4. The molecule has 19 heavy (non-hydrogen) atoms. The van der Waals surface area contributed by atoms with E-state index < -0.39 is 30.4 Å². The Morgan fingerprint density at radius 1 is 1.47 bits per heavy atom. The molecule has 0 atom stereocenters. The highest BCUT2D eigenvalue weighted by molar-refractivity contribution is 6.33. The molecule has 0 aromatic carbocycles. The van der Waals surface area contributed by atoms with Crippen LogP contribution in [0.3, 0.4) is 0 Å². The maximum absolute atomic E-state index is 12.5. The predicted octanol–water partition coefficient (Wildman–Crippen LogP) is 3.21. The van der Waals surface area contributed by atoms with E-state index in [9.17, 15) is 18.0 Å². The minimum atomic E-state index is -4.41. The standard InChI is InChI=1S/C11H12ClF3N2O2/c1-6(2)17(5-11(13,14)15)8-4-3-7(12)9(16-8)10(18)19/h3-4,6H,5H2,1-2H3,(H,18,19). The molecule has 8 heteroatoms. The van der Waals surface area contributed by atoms with Crippen molar-refractivity contribution >= 4 is 23.4 Å². The Hall–Kier alpha value is -1.50. The average molecular weight is 297 g/mol. The van der Waals surface area contributed by atoms with Crippen molar-refractivity contribution in [3.63, 3.8) is 0 Å². The molecule has 0 saturated carbocycles. The minimum absolute atomic E-state index is 0.0749. The lowest BCUT2D eigenvalue weighted by Gasteiger charge is -2.29. The van der Waals surface area contributed by atoms with Crippen LogP contribution >= 0.6 is 11.6 Å². The molecule has 0 aliphatic heterocycles. The quantitative estimate of drug-likeness (QED) is 0.927. The van der Waals surface area contributed by atoms with E-state index in [0.29, 0.717) is 0 Å². The number of nitrogens with zero attached hydrogens (tertiary/aromatic N) is 2. The lowest BCUT2D eigenvalue weighted by Crippen LogP contribution is -2.39. The van der Waals surface area contributed by atoms with E-state index in [2.05, 4.69) is 4.98 Å². The molecule has 0 saturated heterocycles. The van der Waals surface area contributed by atoms with Gasteiger partial charge in [-0.25, -0.2) is 9.78 Å². The van der Waals surface area contributed by atoms with Crippen LogP contribution in [0, 0.1) is 0 Å². The molecule has 0 amide bonds. The third-order valence-corrected chi connectivity index (χ3v) is 2.61. The number of pyridine rings is 1. The Bertz CT molecular complexity index is 477. The second-order valence-electron chi connectivity index (χ2n) is 4.14. The molecule has 0 aliphatic carbocycles. The molecule has 0 unspecified atom stereocenters. The molecule has 0 spiro atoms. The van der Waals surface area contributed by atoms with Gasteiger partial charge in [0.05, 0.1) is 5.02 Å². The molecule has 0 radical (unpaired) electrons. The second-order valence-corrected chi connectivity index (χ2v) is 4.55. The minimum Gasteiger partial charge on any atom is -0.476 e. The van der Waals surface area contributed by atoms with Crippen molar-refractivity contribution in [3.05, 3.63) is 22.8 Å². The summed E-state index contributed by atoms with van der Waals surface area (Å²) in [6, 6.07) is 2.00. The maximum Gasteiger partial charge on any atom is 0.405 e. The van der Waals surface area contributed by atoms with Crippen LogP contribution in [-0.4, -0.2) is 34.8 Å². The summed E-state index contributed by atoms with van der Waals surface area (Å²) in [7, 11) is 0. The average Bonchev–Trinajstić information content (AvgIpc) is 2.25. The summed E-state index contributed by atoms with van der Waals surface area (Å²) in [5.41, 5.74) is -0.466. The number of carboxylic acids is 1. The smallest absolute Gasteiger partial charge is 0.405 e. The lowest BCUT2D eigenvalue weighted by molar-refractivity contribution is -0.120. The summed E-state index contributed by atoms with van der Waals surface area (Å²) < 4.78 is 37.4. The van der Waals surface area contributed by atoms with E-state index in [1.54, 1.807) is 13.8 Å². The first kappa shape index (κ1) is 15.6. The molecular formula is C11H12ClF3N2O2. The van der Waals surface area contributed by atoms with Crippen LogP contribution in [0.4, 0.5) is 19.0 Å². The molecule has 106 valence electrons. The predicted molar refractivity (Wildman–Crippen MR) is 64.7 cm³/mol. The summed E-state index contributed by atoms with van der Waals surface area (Å²) in [6.07, 6.45) is -4.41. The number of aromatic nitrogens is 1. The number of hydrogen-bond acceptors (Lipinski definition) is 3. The van der Waals surface area contributed by atoms with Gasteiger partial charge in [-0.1, -0.05) is 11.6 Å². The normalized spacial score (nSPS) is 11.7. The van der Waals surface area contributed by atoms with Crippen LogP contribution in [-0.2, 0) is 0 Å². The van der Waals surface area contributed by atoms with Crippen LogP contribution in [0.2, 0.25) is 5.02 Å². The third-order valence-electron chi connectivity index (χ3n) is 2.30. The van der Waals surface area contributed by atoms with Crippen molar-refractivity contribution < 1.29 is 23.1 Å². The molecule has 1 aromatic rings. The van der Waals surface area contributed by atoms with Crippen molar-refractivity contribution in [3.8, 4) is 0 Å². The number of anilines is 1. The highest BCUT2D eigenvalue weighted by atomic mass is 35.5. The number of carbonyl (C=O) groups is 1. The third kappa shape index (κ3) is 4.27. The van der Waals surface area contributed by atoms with Gasteiger partial charge in [-0.15, -0.1) is 0 Å². The zero-order chi connectivity index (χ0) is 14.8. The van der Waals surface area contributed by atoms with Crippen LogP contribution in [0.25, 0.3) is 0 Å². The first-order chi connectivity index (χ1) is 8.61. The van der Waals surface area contributed by atoms with Crippen LogP contribution in [0.1, 0.15) is 24.3 Å². The molecule has 0 fully saturated rings. The van der Waals surface area contributed by atoms with Crippen LogP contribution in [0.5, 0.6) is 0 Å². The van der Waals surface area contributed by atoms with E-state index in [0.717, 1.165) is 4.90 Å². The van der Waals surface area contributed by atoms with Gasteiger partial charge in [-0.2, -0.15) is 13.2 Å². The zero-order valence-electron chi connectivity index (χ0n) is 10.2. The SMILES string of the molecule is CC(C)N(CC(F)(F)F)c1ccc(Cl)c(C(=O)O)n1. The van der Waals surface area contributed by atoms with E-state index in [1.807, 2.05) is 0 Å². The fraction of sp³-hybridized carbons (Fsp3) is 0.455. The van der Waals surface area contributed by atoms with Gasteiger partial charge in [-0.05, 0) is 26.0 Å².